The summed E-state index contributed by atoms with van der Waals surface area (Å²) in [6.45, 7) is 11.4. The van der Waals surface area contributed by atoms with E-state index in [9.17, 15) is 0 Å². The molecular weight excluding hydrogens is 560 g/mol. The molecule has 0 aromatic rings. The smallest absolute Gasteiger partial charge is 0.0575 e. The van der Waals surface area contributed by atoms with E-state index in [1.165, 1.54) is 231 Å². The Balaban J connectivity index is 0. The summed E-state index contributed by atoms with van der Waals surface area (Å²) >= 11 is 0. The van der Waals surface area contributed by atoms with Crippen LogP contribution in [0.4, 0.5) is 0 Å². The van der Waals surface area contributed by atoms with Gasteiger partial charge in [0.15, 0.2) is 0 Å². The van der Waals surface area contributed by atoms with Crippen LogP contribution in [-0.4, -0.2) is 23.9 Å². The fourth-order valence-electron chi connectivity index (χ4n) is 6.56. The lowest BCUT2D eigenvalue weighted by Gasteiger charge is -2.18. The third-order valence-corrected chi connectivity index (χ3v) is 9.61. The molecule has 46 heavy (non-hydrogen) atoms. The minimum absolute atomic E-state index is 0.167. The SMILES string of the molecule is CC(C)O.CCCCCCCCCCCCCCCCCCOC(CCCC)CCCCCCCCCCCCCCCCCC. The Morgan fingerprint density at radius 2 is 0.543 bits per heavy atom. The lowest BCUT2D eigenvalue weighted by atomic mass is 10.0. The summed E-state index contributed by atoms with van der Waals surface area (Å²) in [5.74, 6) is 0. The van der Waals surface area contributed by atoms with Crippen LogP contribution in [-0.2, 0) is 4.74 Å². The van der Waals surface area contributed by atoms with E-state index in [1.54, 1.807) is 13.8 Å². The average molecular weight is 653 g/mol. The summed E-state index contributed by atoms with van der Waals surface area (Å²) in [7, 11) is 0. The Morgan fingerprint density at radius 1 is 0.326 bits per heavy atom. The van der Waals surface area contributed by atoms with Crippen molar-refractivity contribution in [3.63, 3.8) is 0 Å². The standard InChI is InChI=1S/C41H84O.C3H8O/c1-4-7-10-12-14-16-18-20-22-24-26-28-30-32-34-36-39-41(38-9-6-3)42-40-37-35-33-31-29-27-25-23-21-19-17-15-13-11-8-5-2;1-3(2)4/h41H,4-40H2,1-3H3;3-4H,1-2H3. The summed E-state index contributed by atoms with van der Waals surface area (Å²) in [5, 5.41) is 8.06. The summed E-state index contributed by atoms with van der Waals surface area (Å²) in [4.78, 5) is 0. The Bertz CT molecular complexity index is 488. The van der Waals surface area contributed by atoms with Crippen LogP contribution >= 0.6 is 0 Å². The molecule has 1 unspecified atom stereocenters. The maximum absolute atomic E-state index is 8.06. The van der Waals surface area contributed by atoms with E-state index in [1.807, 2.05) is 0 Å². The first-order chi connectivity index (χ1) is 22.6. The summed E-state index contributed by atoms with van der Waals surface area (Å²) in [6.07, 6.45) is 51.8. The van der Waals surface area contributed by atoms with Gasteiger partial charge in [-0.25, -0.2) is 0 Å². The molecule has 1 N–H and O–H groups in total. The minimum atomic E-state index is -0.167. The molecule has 0 fully saturated rings. The van der Waals surface area contributed by atoms with Gasteiger partial charge in [-0.15, -0.1) is 0 Å². The van der Waals surface area contributed by atoms with Gasteiger partial charge < -0.3 is 9.84 Å². The van der Waals surface area contributed by atoms with Gasteiger partial charge in [-0.05, 0) is 33.1 Å². The number of unbranched alkanes of at least 4 members (excludes halogenated alkanes) is 31. The maximum Gasteiger partial charge on any atom is 0.0575 e. The van der Waals surface area contributed by atoms with Crippen molar-refractivity contribution in [1.82, 2.24) is 0 Å². The lowest BCUT2D eigenvalue weighted by molar-refractivity contribution is 0.0360. The van der Waals surface area contributed by atoms with Gasteiger partial charge in [0.25, 0.3) is 0 Å². The fourth-order valence-corrected chi connectivity index (χ4v) is 6.56. The normalized spacial score (nSPS) is 12.1. The topological polar surface area (TPSA) is 29.5 Å². The monoisotopic (exact) mass is 653 g/mol. The van der Waals surface area contributed by atoms with Gasteiger partial charge in [0.1, 0.15) is 0 Å². The van der Waals surface area contributed by atoms with Crippen LogP contribution < -0.4 is 0 Å². The van der Waals surface area contributed by atoms with Crippen LogP contribution in [0, 0.1) is 0 Å². The molecule has 0 aromatic carbocycles. The van der Waals surface area contributed by atoms with E-state index in [0.29, 0.717) is 6.10 Å². The second-order valence-electron chi connectivity index (χ2n) is 15.1. The third-order valence-electron chi connectivity index (χ3n) is 9.61. The Kier molecular flexibility index (Phi) is 46.9. The first-order valence-electron chi connectivity index (χ1n) is 21.9. The Morgan fingerprint density at radius 3 is 0.826 bits per heavy atom. The first kappa shape index (κ1) is 48.0. The van der Waals surface area contributed by atoms with E-state index in [4.69, 9.17) is 9.84 Å². The molecule has 0 heterocycles. The second-order valence-corrected chi connectivity index (χ2v) is 15.1. The van der Waals surface area contributed by atoms with Crippen LogP contribution in [0.2, 0.25) is 0 Å². The summed E-state index contributed by atoms with van der Waals surface area (Å²) in [6, 6.07) is 0. The van der Waals surface area contributed by atoms with Crippen molar-refractivity contribution in [3.8, 4) is 0 Å². The van der Waals surface area contributed by atoms with Crippen molar-refractivity contribution in [3.05, 3.63) is 0 Å². The molecule has 1 atom stereocenters. The molecule has 0 aliphatic rings. The van der Waals surface area contributed by atoms with Crippen LogP contribution in [0.1, 0.15) is 266 Å². The van der Waals surface area contributed by atoms with Crippen LogP contribution in [0.15, 0.2) is 0 Å². The minimum Gasteiger partial charge on any atom is -0.394 e. The van der Waals surface area contributed by atoms with Crippen molar-refractivity contribution in [2.24, 2.45) is 0 Å². The quantitative estimate of drug-likeness (QED) is 0.0673. The average Bonchev–Trinajstić information content (AvgIpc) is 3.04. The van der Waals surface area contributed by atoms with Crippen molar-refractivity contribution < 1.29 is 9.84 Å². The van der Waals surface area contributed by atoms with Crippen molar-refractivity contribution in [1.29, 1.82) is 0 Å². The highest BCUT2D eigenvalue weighted by molar-refractivity contribution is 4.60. The van der Waals surface area contributed by atoms with Gasteiger partial charge >= 0.3 is 0 Å². The highest BCUT2D eigenvalue weighted by atomic mass is 16.5. The number of hydrogen-bond acceptors (Lipinski definition) is 2. The molecule has 0 radical (unpaired) electrons. The second kappa shape index (κ2) is 44.9. The fraction of sp³-hybridized carbons (Fsp3) is 1.00. The Labute approximate surface area is 293 Å². The molecular formula is C44H92O2. The highest BCUT2D eigenvalue weighted by Gasteiger charge is 2.08. The van der Waals surface area contributed by atoms with Crippen LogP contribution in [0.25, 0.3) is 0 Å². The summed E-state index contributed by atoms with van der Waals surface area (Å²) in [5.41, 5.74) is 0. The highest BCUT2D eigenvalue weighted by Crippen LogP contribution is 2.18. The molecule has 0 aromatic heterocycles. The lowest BCUT2D eigenvalue weighted by Crippen LogP contribution is -2.14. The molecule has 0 saturated heterocycles. The van der Waals surface area contributed by atoms with E-state index >= 15 is 0 Å². The van der Waals surface area contributed by atoms with Crippen molar-refractivity contribution >= 4 is 0 Å². The molecule has 0 bridgehead atoms. The first-order valence-corrected chi connectivity index (χ1v) is 21.9. The number of aliphatic hydroxyl groups is 1. The van der Waals surface area contributed by atoms with Gasteiger partial charge in [-0.1, -0.05) is 233 Å². The number of hydrogen-bond donors (Lipinski definition) is 1. The molecule has 2 nitrogen and oxygen atoms in total. The molecule has 0 spiro atoms. The van der Waals surface area contributed by atoms with Gasteiger partial charge in [0.2, 0.25) is 0 Å². The van der Waals surface area contributed by atoms with E-state index in [-0.39, 0.29) is 6.10 Å². The van der Waals surface area contributed by atoms with E-state index in [0.717, 1.165) is 6.61 Å². The van der Waals surface area contributed by atoms with Crippen molar-refractivity contribution in [2.75, 3.05) is 6.61 Å². The molecule has 0 amide bonds. The zero-order valence-electron chi connectivity index (χ0n) is 33.2. The third kappa shape index (κ3) is 48.3. The van der Waals surface area contributed by atoms with Gasteiger partial charge in [-0.2, -0.15) is 0 Å². The van der Waals surface area contributed by atoms with Gasteiger partial charge in [0, 0.05) is 12.7 Å². The molecule has 0 aliphatic heterocycles. The maximum atomic E-state index is 8.06. The largest absolute Gasteiger partial charge is 0.394 e. The van der Waals surface area contributed by atoms with Gasteiger partial charge in [0.05, 0.1) is 6.10 Å². The summed E-state index contributed by atoms with van der Waals surface area (Å²) < 4.78 is 6.39. The Hall–Kier alpha value is -0.0800. The number of ether oxygens (including phenoxy) is 1. The van der Waals surface area contributed by atoms with Crippen molar-refractivity contribution in [2.45, 2.75) is 278 Å². The molecule has 0 saturated carbocycles. The van der Waals surface area contributed by atoms with Gasteiger partial charge in [-0.3, -0.25) is 0 Å². The molecule has 0 aliphatic carbocycles. The van der Waals surface area contributed by atoms with Crippen LogP contribution in [0.3, 0.4) is 0 Å². The van der Waals surface area contributed by atoms with E-state index in [2.05, 4.69) is 20.8 Å². The zero-order chi connectivity index (χ0) is 34.0. The number of aliphatic hydroxyl groups excluding tert-OH is 1. The van der Waals surface area contributed by atoms with E-state index < -0.39 is 0 Å². The number of rotatable bonds is 38. The predicted octanol–water partition coefficient (Wildman–Crippen LogP) is 15.9. The van der Waals surface area contributed by atoms with Crippen LogP contribution in [0.5, 0.6) is 0 Å². The predicted molar refractivity (Wildman–Crippen MR) is 210 cm³/mol. The molecule has 0 rings (SSSR count). The molecule has 280 valence electrons. The molecule has 2 heteroatoms. The zero-order valence-corrected chi connectivity index (χ0v) is 33.2.